The van der Waals surface area contributed by atoms with Crippen LogP contribution in [0.5, 0.6) is 5.75 Å². The number of rotatable bonds is 7. The van der Waals surface area contributed by atoms with Gasteiger partial charge in [-0.2, -0.15) is 5.10 Å². The highest BCUT2D eigenvalue weighted by atomic mass is 35.5. The maximum atomic E-state index is 12.5. The maximum absolute atomic E-state index is 12.5. The minimum atomic E-state index is -0.381. The van der Waals surface area contributed by atoms with Gasteiger partial charge in [-0.1, -0.05) is 90.0 Å². The number of nitrogens with zero attached hydrogens (tertiary/aromatic N) is 3. The van der Waals surface area contributed by atoms with Gasteiger partial charge in [0.25, 0.3) is 0 Å². The number of esters is 1. The number of thiazole rings is 1. The molecule has 2 heterocycles. The van der Waals surface area contributed by atoms with Gasteiger partial charge in [0.1, 0.15) is 5.75 Å². The third-order valence-corrected chi connectivity index (χ3v) is 8.54. The van der Waals surface area contributed by atoms with Gasteiger partial charge in [0.05, 0.1) is 23.0 Å². The molecule has 0 radical (unpaired) electrons. The van der Waals surface area contributed by atoms with E-state index in [1.165, 1.54) is 10.4 Å². The fraction of sp³-hybridized carbons (Fsp3) is 0.147. The number of hydrogen-bond donors (Lipinski definition) is 0. The quantitative estimate of drug-likeness (QED) is 0.143. The van der Waals surface area contributed by atoms with Crippen LogP contribution >= 0.6 is 22.9 Å². The normalized spacial score (nSPS) is 14.7. The van der Waals surface area contributed by atoms with Gasteiger partial charge in [-0.3, -0.25) is 0 Å². The SMILES string of the molecule is CCc1sc(N2N=C(c3ccc(C)cc3)C[C@@H]2c2ccc(Cl)cc2)nc1-c1ccc(OC(=O)c2ccccc2)cc1. The second-order valence-corrected chi connectivity index (χ2v) is 11.4. The summed E-state index contributed by atoms with van der Waals surface area (Å²) < 4.78 is 5.57. The molecule has 0 bridgehead atoms. The predicted octanol–water partition coefficient (Wildman–Crippen LogP) is 8.91. The predicted molar refractivity (Wildman–Crippen MR) is 167 cm³/mol. The summed E-state index contributed by atoms with van der Waals surface area (Å²) in [6, 6.07) is 33.0. The number of ether oxygens (including phenoxy) is 1. The minimum Gasteiger partial charge on any atom is -0.423 e. The van der Waals surface area contributed by atoms with Crippen LogP contribution < -0.4 is 9.75 Å². The molecule has 41 heavy (non-hydrogen) atoms. The summed E-state index contributed by atoms with van der Waals surface area (Å²) in [5.41, 5.74) is 6.90. The number of carbonyl (C=O) groups is 1. The first-order chi connectivity index (χ1) is 20.0. The summed E-state index contributed by atoms with van der Waals surface area (Å²) >= 11 is 7.87. The van der Waals surface area contributed by atoms with Crippen molar-refractivity contribution in [2.45, 2.75) is 32.7 Å². The van der Waals surface area contributed by atoms with Crippen molar-refractivity contribution in [2.24, 2.45) is 5.10 Å². The van der Waals surface area contributed by atoms with Gasteiger partial charge in [0.15, 0.2) is 0 Å². The van der Waals surface area contributed by atoms with Crippen molar-refractivity contribution in [3.8, 4) is 17.0 Å². The maximum Gasteiger partial charge on any atom is 0.343 e. The molecule has 0 spiro atoms. The number of carbonyl (C=O) groups excluding carboxylic acids is 1. The molecule has 0 aliphatic carbocycles. The first-order valence-corrected chi connectivity index (χ1v) is 14.7. The number of aryl methyl sites for hydroxylation is 2. The third kappa shape index (κ3) is 5.80. The molecule has 5 aromatic rings. The van der Waals surface area contributed by atoms with E-state index in [9.17, 15) is 4.79 Å². The lowest BCUT2D eigenvalue weighted by Crippen LogP contribution is -2.18. The van der Waals surface area contributed by atoms with E-state index < -0.39 is 0 Å². The Hall–Kier alpha value is -4.26. The Morgan fingerprint density at radius 3 is 2.29 bits per heavy atom. The summed E-state index contributed by atoms with van der Waals surface area (Å²) in [5, 5.41) is 8.72. The lowest BCUT2D eigenvalue weighted by molar-refractivity contribution is 0.0735. The number of hydrogen-bond acceptors (Lipinski definition) is 6. The Balaban J connectivity index is 1.31. The number of aromatic nitrogens is 1. The van der Waals surface area contributed by atoms with Crippen molar-refractivity contribution in [3.63, 3.8) is 0 Å². The molecule has 6 rings (SSSR count). The summed E-state index contributed by atoms with van der Waals surface area (Å²) in [7, 11) is 0. The van der Waals surface area contributed by atoms with Crippen LogP contribution in [0, 0.1) is 6.92 Å². The molecular weight excluding hydrogens is 550 g/mol. The minimum absolute atomic E-state index is 0.00653. The van der Waals surface area contributed by atoms with Crippen LogP contribution in [0.1, 0.15) is 51.3 Å². The first-order valence-electron chi connectivity index (χ1n) is 13.5. The van der Waals surface area contributed by atoms with Crippen molar-refractivity contribution >= 4 is 39.8 Å². The Morgan fingerprint density at radius 1 is 0.927 bits per heavy atom. The second-order valence-electron chi connectivity index (χ2n) is 9.93. The van der Waals surface area contributed by atoms with Crippen LogP contribution in [0.15, 0.2) is 108 Å². The topological polar surface area (TPSA) is 54.8 Å². The van der Waals surface area contributed by atoms with Crippen LogP contribution in [-0.2, 0) is 6.42 Å². The standard InChI is InChI=1S/C34H28ClN3O2S/c1-3-31-32(25-15-19-28(20-16-25)40-33(39)26-7-5-4-6-8-26)36-34(41-31)38-30(24-13-17-27(35)18-14-24)21-29(37-38)23-11-9-22(2)10-12-23/h4-20,30H,3,21H2,1-2H3/t30-/m1/s1. The van der Waals surface area contributed by atoms with E-state index in [4.69, 9.17) is 26.4 Å². The van der Waals surface area contributed by atoms with Gasteiger partial charge in [-0.05, 0) is 73.0 Å². The second kappa shape index (κ2) is 11.7. The van der Waals surface area contributed by atoms with Crippen LogP contribution in [0.4, 0.5) is 5.13 Å². The average Bonchev–Trinajstić information content (AvgIpc) is 3.64. The largest absolute Gasteiger partial charge is 0.423 e. The van der Waals surface area contributed by atoms with E-state index >= 15 is 0 Å². The lowest BCUT2D eigenvalue weighted by atomic mass is 9.98. The fourth-order valence-corrected chi connectivity index (χ4v) is 6.02. The zero-order valence-corrected chi connectivity index (χ0v) is 24.3. The molecule has 1 aliphatic heterocycles. The summed E-state index contributed by atoms with van der Waals surface area (Å²) in [5.74, 6) is 0.110. The van der Waals surface area contributed by atoms with Gasteiger partial charge < -0.3 is 4.74 Å². The van der Waals surface area contributed by atoms with E-state index in [1.807, 2.05) is 54.6 Å². The molecule has 204 valence electrons. The fourth-order valence-electron chi connectivity index (χ4n) is 4.88. The van der Waals surface area contributed by atoms with Crippen LogP contribution in [-0.4, -0.2) is 16.7 Å². The van der Waals surface area contributed by atoms with E-state index in [-0.39, 0.29) is 12.0 Å². The molecule has 0 saturated carbocycles. The molecule has 5 nitrogen and oxygen atoms in total. The third-order valence-electron chi connectivity index (χ3n) is 7.10. The average molecular weight is 578 g/mol. The van der Waals surface area contributed by atoms with Crippen molar-refractivity contribution in [1.82, 2.24) is 4.98 Å². The van der Waals surface area contributed by atoms with E-state index in [0.717, 1.165) is 46.1 Å². The molecule has 0 N–H and O–H groups in total. The van der Waals surface area contributed by atoms with Gasteiger partial charge >= 0.3 is 5.97 Å². The van der Waals surface area contributed by atoms with Crippen molar-refractivity contribution in [1.29, 1.82) is 0 Å². The number of anilines is 1. The van der Waals surface area contributed by atoms with Gasteiger partial charge in [0, 0.05) is 21.9 Å². The van der Waals surface area contributed by atoms with Gasteiger partial charge in [-0.25, -0.2) is 14.8 Å². The molecule has 0 unspecified atom stereocenters. The zero-order chi connectivity index (χ0) is 28.3. The van der Waals surface area contributed by atoms with Gasteiger partial charge in [-0.15, -0.1) is 0 Å². The lowest BCUT2D eigenvalue weighted by Gasteiger charge is -2.21. The summed E-state index contributed by atoms with van der Waals surface area (Å²) in [6.45, 7) is 4.23. The van der Waals surface area contributed by atoms with Gasteiger partial charge in [0.2, 0.25) is 5.13 Å². The van der Waals surface area contributed by atoms with Crippen molar-refractivity contribution in [3.05, 3.63) is 135 Å². The molecule has 4 aromatic carbocycles. The Kier molecular flexibility index (Phi) is 7.68. The van der Waals surface area contributed by atoms with E-state index in [0.29, 0.717) is 16.3 Å². The molecule has 1 aliphatic rings. The smallest absolute Gasteiger partial charge is 0.343 e. The number of hydrazone groups is 1. The summed E-state index contributed by atoms with van der Waals surface area (Å²) in [6.07, 6.45) is 1.61. The Morgan fingerprint density at radius 2 is 1.61 bits per heavy atom. The number of benzene rings is 4. The highest BCUT2D eigenvalue weighted by Crippen LogP contribution is 2.42. The van der Waals surface area contributed by atoms with E-state index in [1.54, 1.807) is 23.5 Å². The molecule has 7 heteroatoms. The van der Waals surface area contributed by atoms with Crippen LogP contribution in [0.2, 0.25) is 5.02 Å². The monoisotopic (exact) mass is 577 g/mol. The van der Waals surface area contributed by atoms with E-state index in [2.05, 4.69) is 55.3 Å². The Bertz CT molecular complexity index is 1700. The summed E-state index contributed by atoms with van der Waals surface area (Å²) in [4.78, 5) is 18.8. The molecule has 0 fully saturated rings. The number of halogens is 1. The highest BCUT2D eigenvalue weighted by Gasteiger charge is 2.32. The van der Waals surface area contributed by atoms with Crippen molar-refractivity contribution < 1.29 is 9.53 Å². The molecule has 0 amide bonds. The zero-order valence-electron chi connectivity index (χ0n) is 22.8. The highest BCUT2D eigenvalue weighted by molar-refractivity contribution is 7.16. The molecule has 1 aromatic heterocycles. The van der Waals surface area contributed by atoms with Crippen LogP contribution in [0.3, 0.4) is 0 Å². The van der Waals surface area contributed by atoms with Crippen LogP contribution in [0.25, 0.3) is 11.3 Å². The molecular formula is C34H28ClN3O2S. The molecule has 1 atom stereocenters. The first kappa shape index (κ1) is 26.9. The Labute approximate surface area is 248 Å². The van der Waals surface area contributed by atoms with Crippen molar-refractivity contribution in [2.75, 3.05) is 5.01 Å². The molecule has 0 saturated heterocycles.